The summed E-state index contributed by atoms with van der Waals surface area (Å²) in [6.07, 6.45) is 0. The highest BCUT2D eigenvalue weighted by molar-refractivity contribution is 7.14. The van der Waals surface area contributed by atoms with E-state index in [1.807, 2.05) is 17.5 Å². The van der Waals surface area contributed by atoms with E-state index in [1.165, 1.54) is 17.2 Å². The van der Waals surface area contributed by atoms with E-state index >= 15 is 0 Å². The number of rotatable bonds is 3. The lowest BCUT2D eigenvalue weighted by Gasteiger charge is -2.05. The number of aromatic nitrogens is 1. The lowest BCUT2D eigenvalue weighted by Crippen LogP contribution is -1.91. The first-order valence-electron chi connectivity index (χ1n) is 7.09. The molecule has 0 amide bonds. The molecule has 1 heterocycles. The molecule has 0 spiro atoms. The smallest absolute Gasteiger partial charge is 0.187 e. The van der Waals surface area contributed by atoms with Gasteiger partial charge in [-0.2, -0.15) is 0 Å². The summed E-state index contributed by atoms with van der Waals surface area (Å²) in [4.78, 5) is 4.58. The van der Waals surface area contributed by atoms with Gasteiger partial charge in [0.15, 0.2) is 5.13 Å². The van der Waals surface area contributed by atoms with Gasteiger partial charge in [-0.05, 0) is 67.8 Å². The molecule has 3 rings (SSSR count). The fourth-order valence-corrected chi connectivity index (χ4v) is 2.95. The van der Waals surface area contributed by atoms with Crippen molar-refractivity contribution in [2.24, 2.45) is 0 Å². The number of anilines is 2. The molecule has 0 atom stereocenters. The third-order valence-corrected chi connectivity index (χ3v) is 4.47. The minimum Gasteiger partial charge on any atom is -0.332 e. The van der Waals surface area contributed by atoms with E-state index in [-0.39, 0.29) is 5.82 Å². The highest BCUT2D eigenvalue weighted by Crippen LogP contribution is 2.28. The molecule has 0 saturated heterocycles. The molecular weight excluding hydrogens is 295 g/mol. The summed E-state index contributed by atoms with van der Waals surface area (Å²) in [5.74, 6) is -0.188. The number of hydrogen-bond donors (Lipinski definition) is 1. The minimum absolute atomic E-state index is 0.188. The van der Waals surface area contributed by atoms with E-state index in [0.717, 1.165) is 22.1 Å². The zero-order chi connectivity index (χ0) is 15.7. The van der Waals surface area contributed by atoms with Crippen molar-refractivity contribution in [2.75, 3.05) is 5.32 Å². The third kappa shape index (κ3) is 3.02. The van der Waals surface area contributed by atoms with Crippen LogP contribution in [0.3, 0.4) is 0 Å². The van der Waals surface area contributed by atoms with Crippen molar-refractivity contribution in [3.05, 3.63) is 64.3 Å². The topological polar surface area (TPSA) is 24.9 Å². The molecule has 0 aliphatic rings. The zero-order valence-corrected chi connectivity index (χ0v) is 13.6. The van der Waals surface area contributed by atoms with Gasteiger partial charge in [-0.25, -0.2) is 9.37 Å². The van der Waals surface area contributed by atoms with Crippen molar-refractivity contribution in [3.63, 3.8) is 0 Å². The second-order valence-corrected chi connectivity index (χ2v) is 6.28. The highest BCUT2D eigenvalue weighted by Gasteiger charge is 2.07. The third-order valence-electron chi connectivity index (χ3n) is 3.72. The van der Waals surface area contributed by atoms with E-state index in [2.05, 4.69) is 36.3 Å². The summed E-state index contributed by atoms with van der Waals surface area (Å²) in [5.41, 5.74) is 5.97. The Hall–Kier alpha value is -2.20. The molecule has 3 aromatic rings. The number of nitrogens with zero attached hydrogens (tertiary/aromatic N) is 1. The van der Waals surface area contributed by atoms with Crippen LogP contribution in [0.1, 0.15) is 16.7 Å². The normalized spacial score (nSPS) is 10.7. The number of halogens is 1. The van der Waals surface area contributed by atoms with E-state index in [1.54, 1.807) is 24.3 Å². The Labute approximate surface area is 133 Å². The van der Waals surface area contributed by atoms with Gasteiger partial charge in [0.25, 0.3) is 0 Å². The van der Waals surface area contributed by atoms with Crippen molar-refractivity contribution >= 4 is 22.2 Å². The summed E-state index contributed by atoms with van der Waals surface area (Å²) in [6, 6.07) is 11.3. The molecule has 0 aliphatic carbocycles. The van der Waals surface area contributed by atoms with Crippen LogP contribution >= 0.6 is 11.3 Å². The quantitative estimate of drug-likeness (QED) is 0.679. The number of benzene rings is 2. The lowest BCUT2D eigenvalue weighted by atomic mass is 10.1. The molecule has 0 unspecified atom stereocenters. The van der Waals surface area contributed by atoms with Gasteiger partial charge in [-0.1, -0.05) is 6.07 Å². The molecule has 4 heteroatoms. The molecular formula is C18H17FN2S. The van der Waals surface area contributed by atoms with Crippen molar-refractivity contribution in [3.8, 4) is 11.3 Å². The van der Waals surface area contributed by atoms with Gasteiger partial charge in [0.1, 0.15) is 5.82 Å². The van der Waals surface area contributed by atoms with Gasteiger partial charge in [-0.15, -0.1) is 11.3 Å². The van der Waals surface area contributed by atoms with Crippen molar-refractivity contribution in [1.82, 2.24) is 4.98 Å². The van der Waals surface area contributed by atoms with Gasteiger partial charge in [-0.3, -0.25) is 0 Å². The molecule has 22 heavy (non-hydrogen) atoms. The second-order valence-electron chi connectivity index (χ2n) is 5.43. The van der Waals surface area contributed by atoms with Crippen molar-refractivity contribution in [2.45, 2.75) is 20.8 Å². The maximum absolute atomic E-state index is 13.3. The molecule has 0 saturated carbocycles. The molecule has 2 aromatic carbocycles. The second kappa shape index (κ2) is 5.89. The van der Waals surface area contributed by atoms with E-state index < -0.39 is 0 Å². The van der Waals surface area contributed by atoms with Gasteiger partial charge in [0.2, 0.25) is 0 Å². The summed E-state index contributed by atoms with van der Waals surface area (Å²) in [5, 5.41) is 6.14. The maximum atomic E-state index is 13.3. The Kier molecular flexibility index (Phi) is 3.94. The number of nitrogens with one attached hydrogen (secondary N) is 1. The van der Waals surface area contributed by atoms with Crippen LogP contribution in [0.2, 0.25) is 0 Å². The Morgan fingerprint density at radius 3 is 2.50 bits per heavy atom. The number of aryl methyl sites for hydroxylation is 3. The van der Waals surface area contributed by atoms with Gasteiger partial charge in [0, 0.05) is 16.6 Å². The maximum Gasteiger partial charge on any atom is 0.187 e. The Morgan fingerprint density at radius 2 is 1.77 bits per heavy atom. The zero-order valence-electron chi connectivity index (χ0n) is 12.8. The highest BCUT2D eigenvalue weighted by atomic mass is 32.1. The lowest BCUT2D eigenvalue weighted by molar-refractivity contribution is 0.619. The molecule has 112 valence electrons. The first kappa shape index (κ1) is 14.7. The summed E-state index contributed by atoms with van der Waals surface area (Å²) in [7, 11) is 0. The fourth-order valence-electron chi connectivity index (χ4n) is 2.21. The van der Waals surface area contributed by atoms with Crippen molar-refractivity contribution in [1.29, 1.82) is 0 Å². The van der Waals surface area contributed by atoms with E-state index in [4.69, 9.17) is 0 Å². The largest absolute Gasteiger partial charge is 0.332 e. The Morgan fingerprint density at radius 1 is 0.955 bits per heavy atom. The SMILES string of the molecule is Cc1ccc(Nc2nc(-c3ccc(F)c(C)c3)cs2)cc1C. The van der Waals surface area contributed by atoms with Gasteiger partial charge < -0.3 is 5.32 Å². The minimum atomic E-state index is -0.188. The molecule has 0 aliphatic heterocycles. The molecule has 1 aromatic heterocycles. The van der Waals surface area contributed by atoms with Crippen LogP contribution in [0.25, 0.3) is 11.3 Å². The van der Waals surface area contributed by atoms with Crippen LogP contribution in [0, 0.1) is 26.6 Å². The van der Waals surface area contributed by atoms with E-state index in [0.29, 0.717) is 5.56 Å². The molecule has 0 bridgehead atoms. The molecule has 1 N–H and O–H groups in total. The predicted molar refractivity (Wildman–Crippen MR) is 91.4 cm³/mol. The Balaban J connectivity index is 1.84. The van der Waals surface area contributed by atoms with Crippen LogP contribution in [0.4, 0.5) is 15.2 Å². The number of thiazole rings is 1. The predicted octanol–water partition coefficient (Wildman–Crippen LogP) is 5.62. The van der Waals surface area contributed by atoms with Crippen LogP contribution < -0.4 is 5.32 Å². The van der Waals surface area contributed by atoms with Gasteiger partial charge in [0.05, 0.1) is 5.69 Å². The standard InChI is InChI=1S/C18H17FN2S/c1-11-4-6-15(9-12(11)2)20-18-21-17(10-22-18)14-5-7-16(19)13(3)8-14/h4-10H,1-3H3,(H,20,21). The monoisotopic (exact) mass is 312 g/mol. The summed E-state index contributed by atoms with van der Waals surface area (Å²) < 4.78 is 13.3. The number of hydrogen-bond acceptors (Lipinski definition) is 3. The van der Waals surface area contributed by atoms with Crippen LogP contribution in [0.15, 0.2) is 41.8 Å². The van der Waals surface area contributed by atoms with Crippen LogP contribution in [-0.2, 0) is 0 Å². The first-order valence-corrected chi connectivity index (χ1v) is 7.97. The van der Waals surface area contributed by atoms with Crippen LogP contribution in [0.5, 0.6) is 0 Å². The summed E-state index contributed by atoms with van der Waals surface area (Å²) in [6.45, 7) is 5.95. The van der Waals surface area contributed by atoms with Gasteiger partial charge >= 0.3 is 0 Å². The fraction of sp³-hybridized carbons (Fsp3) is 0.167. The molecule has 0 fully saturated rings. The average Bonchev–Trinajstić information content (AvgIpc) is 2.94. The Bertz CT molecular complexity index is 824. The molecule has 0 radical (unpaired) electrons. The first-order chi connectivity index (χ1) is 10.5. The van der Waals surface area contributed by atoms with E-state index in [9.17, 15) is 4.39 Å². The van der Waals surface area contributed by atoms with Crippen LogP contribution in [-0.4, -0.2) is 4.98 Å². The van der Waals surface area contributed by atoms with Crippen molar-refractivity contribution < 1.29 is 4.39 Å². The molecule has 2 nitrogen and oxygen atoms in total. The summed E-state index contributed by atoms with van der Waals surface area (Å²) >= 11 is 1.54. The average molecular weight is 312 g/mol.